The molecule has 1 fully saturated rings. The Labute approximate surface area is 174 Å². The van der Waals surface area contributed by atoms with Crippen LogP contribution in [-0.4, -0.2) is 48.2 Å². The van der Waals surface area contributed by atoms with Gasteiger partial charge in [-0.3, -0.25) is 18.7 Å². The summed E-state index contributed by atoms with van der Waals surface area (Å²) in [5, 5.41) is 0.770. The molecule has 1 saturated heterocycles. The average Bonchev–Trinajstić information content (AvgIpc) is 2.67. The van der Waals surface area contributed by atoms with Crippen molar-refractivity contribution >= 4 is 28.7 Å². The molecule has 8 nitrogen and oxygen atoms in total. The monoisotopic (exact) mass is 419 g/mol. The van der Waals surface area contributed by atoms with Crippen molar-refractivity contribution in [2.45, 2.75) is 64.6 Å². The fraction of sp³-hybridized carbons (Fsp3) is 0.650. The molecule has 1 aliphatic rings. The molecule has 158 valence electrons. The van der Waals surface area contributed by atoms with Gasteiger partial charge < -0.3 is 4.90 Å². The Hall–Kier alpha value is -2.16. The molecule has 0 aliphatic carbocycles. The number of fused-ring (bicyclic) bond motifs is 1. The lowest BCUT2D eigenvalue weighted by Gasteiger charge is -2.33. The molecule has 0 saturated carbocycles. The van der Waals surface area contributed by atoms with Crippen molar-refractivity contribution in [1.29, 1.82) is 0 Å². The van der Waals surface area contributed by atoms with E-state index >= 15 is 0 Å². The summed E-state index contributed by atoms with van der Waals surface area (Å²) in [4.78, 5) is 49.1. The van der Waals surface area contributed by atoms with Gasteiger partial charge in [-0.25, -0.2) is 14.8 Å². The minimum absolute atomic E-state index is 0.0546. The molecule has 0 spiro atoms. The summed E-state index contributed by atoms with van der Waals surface area (Å²) in [6, 6.07) is 0.241. The lowest BCUT2D eigenvalue weighted by Crippen LogP contribution is -2.43. The number of likely N-dealkylation sites (tertiary alicyclic amines) is 1. The van der Waals surface area contributed by atoms with Crippen LogP contribution in [0.4, 0.5) is 0 Å². The number of piperidine rings is 1. The summed E-state index contributed by atoms with van der Waals surface area (Å²) < 4.78 is 2.64. The lowest BCUT2D eigenvalue weighted by atomic mass is 10.0. The summed E-state index contributed by atoms with van der Waals surface area (Å²) >= 11 is 1.25. The van der Waals surface area contributed by atoms with Crippen LogP contribution in [0.25, 0.3) is 11.0 Å². The van der Waals surface area contributed by atoms with Crippen LogP contribution in [0.5, 0.6) is 0 Å². The Balaban J connectivity index is 2.02. The third-order valence-electron chi connectivity index (χ3n) is 5.26. The first kappa shape index (κ1) is 21.5. The third kappa shape index (κ3) is 4.39. The number of aryl methyl sites for hydroxylation is 1. The first-order valence-corrected chi connectivity index (χ1v) is 11.1. The number of carbonyl (C=O) groups is 1. The third-order valence-corrected chi connectivity index (χ3v) is 6.22. The highest BCUT2D eigenvalue weighted by atomic mass is 32.2. The maximum atomic E-state index is 12.9. The van der Waals surface area contributed by atoms with Gasteiger partial charge in [-0.05, 0) is 39.0 Å². The second-order valence-electron chi connectivity index (χ2n) is 8.15. The largest absolute Gasteiger partial charge is 0.339 e. The van der Waals surface area contributed by atoms with Gasteiger partial charge in [0.25, 0.3) is 5.56 Å². The molecular weight excluding hydrogens is 390 g/mol. The first-order valence-electron chi connectivity index (χ1n) is 10.1. The summed E-state index contributed by atoms with van der Waals surface area (Å²) in [7, 11) is 1.47. The molecule has 1 amide bonds. The van der Waals surface area contributed by atoms with Crippen LogP contribution in [-0.2, 0) is 18.4 Å². The molecule has 3 heterocycles. The van der Waals surface area contributed by atoms with Gasteiger partial charge in [0.05, 0.1) is 5.75 Å². The fourth-order valence-electron chi connectivity index (χ4n) is 3.76. The molecule has 0 aromatic carbocycles. The molecule has 0 radical (unpaired) electrons. The van der Waals surface area contributed by atoms with Crippen molar-refractivity contribution in [2.24, 2.45) is 13.0 Å². The quantitative estimate of drug-likeness (QED) is 0.544. The van der Waals surface area contributed by atoms with E-state index in [0.29, 0.717) is 28.4 Å². The molecule has 0 bridgehead atoms. The van der Waals surface area contributed by atoms with E-state index in [-0.39, 0.29) is 29.3 Å². The van der Waals surface area contributed by atoms with E-state index in [0.717, 1.165) is 30.4 Å². The molecule has 3 rings (SSSR count). The van der Waals surface area contributed by atoms with E-state index < -0.39 is 5.56 Å². The van der Waals surface area contributed by atoms with Crippen LogP contribution in [0.2, 0.25) is 0 Å². The minimum Gasteiger partial charge on any atom is -0.339 e. The molecule has 2 aromatic rings. The maximum absolute atomic E-state index is 12.9. The summed E-state index contributed by atoms with van der Waals surface area (Å²) in [5.41, 5.74) is -0.463. The topological polar surface area (TPSA) is 90.1 Å². The number of carbonyl (C=O) groups excluding carboxylic acids is 1. The number of hydrogen-bond donors (Lipinski definition) is 0. The Morgan fingerprint density at radius 1 is 1.24 bits per heavy atom. The van der Waals surface area contributed by atoms with Gasteiger partial charge in [0.1, 0.15) is 16.2 Å². The van der Waals surface area contributed by atoms with Crippen LogP contribution in [0.1, 0.15) is 45.9 Å². The smallest absolute Gasteiger partial charge is 0.332 e. The molecular formula is C20H29N5O3S. The van der Waals surface area contributed by atoms with Gasteiger partial charge in [0.2, 0.25) is 5.91 Å². The second-order valence-corrected chi connectivity index (χ2v) is 9.11. The molecule has 29 heavy (non-hydrogen) atoms. The number of amides is 1. The average molecular weight is 420 g/mol. The highest BCUT2D eigenvalue weighted by Crippen LogP contribution is 2.24. The van der Waals surface area contributed by atoms with E-state index in [9.17, 15) is 14.4 Å². The van der Waals surface area contributed by atoms with Crippen molar-refractivity contribution in [3.8, 4) is 0 Å². The minimum atomic E-state index is -0.425. The Morgan fingerprint density at radius 3 is 2.62 bits per heavy atom. The molecule has 2 aromatic heterocycles. The Kier molecular flexibility index (Phi) is 6.45. The number of rotatable bonds is 5. The van der Waals surface area contributed by atoms with E-state index in [1.54, 1.807) is 6.92 Å². The Morgan fingerprint density at radius 2 is 1.97 bits per heavy atom. The molecule has 1 unspecified atom stereocenters. The highest BCUT2D eigenvalue weighted by molar-refractivity contribution is 8.00. The van der Waals surface area contributed by atoms with Gasteiger partial charge in [0, 0.05) is 26.2 Å². The van der Waals surface area contributed by atoms with E-state index in [1.165, 1.54) is 23.4 Å². The molecule has 9 heteroatoms. The predicted molar refractivity (Wildman–Crippen MR) is 114 cm³/mol. The van der Waals surface area contributed by atoms with Crippen molar-refractivity contribution in [1.82, 2.24) is 24.0 Å². The predicted octanol–water partition coefficient (Wildman–Crippen LogP) is 1.95. The Bertz CT molecular complexity index is 1040. The second kappa shape index (κ2) is 8.69. The molecule has 1 aliphatic heterocycles. The molecule has 1 atom stereocenters. The zero-order valence-corrected chi connectivity index (χ0v) is 18.6. The van der Waals surface area contributed by atoms with Crippen LogP contribution in [0.3, 0.4) is 0 Å². The zero-order valence-electron chi connectivity index (χ0n) is 17.8. The van der Waals surface area contributed by atoms with E-state index in [2.05, 4.69) is 16.9 Å². The van der Waals surface area contributed by atoms with Crippen LogP contribution < -0.4 is 11.2 Å². The van der Waals surface area contributed by atoms with Crippen molar-refractivity contribution in [2.75, 3.05) is 12.3 Å². The summed E-state index contributed by atoms with van der Waals surface area (Å²) in [6.45, 7) is 9.05. The first-order chi connectivity index (χ1) is 13.7. The van der Waals surface area contributed by atoms with Gasteiger partial charge in [-0.1, -0.05) is 25.6 Å². The van der Waals surface area contributed by atoms with Crippen LogP contribution in [0.15, 0.2) is 14.6 Å². The number of hydrogen-bond acceptors (Lipinski definition) is 6. The number of nitrogens with zero attached hydrogens (tertiary/aromatic N) is 5. The van der Waals surface area contributed by atoms with Gasteiger partial charge in [-0.2, -0.15) is 0 Å². The maximum Gasteiger partial charge on any atom is 0.332 e. The van der Waals surface area contributed by atoms with Crippen LogP contribution in [0, 0.1) is 12.8 Å². The normalized spacial score (nSPS) is 17.3. The molecule has 0 N–H and O–H groups in total. The van der Waals surface area contributed by atoms with Gasteiger partial charge in [0.15, 0.2) is 5.65 Å². The van der Waals surface area contributed by atoms with E-state index in [1.807, 2.05) is 18.7 Å². The summed E-state index contributed by atoms with van der Waals surface area (Å²) in [6.07, 6.45) is 3.20. The standard InChI is InChI=1S/C20H29N5O3S/c1-12(2)10-25-17-16(19(27)23(5)20(25)28)18(22-14(4)21-17)29-11-15(26)24-9-7-6-8-13(24)3/h12-13H,6-11H2,1-5H3. The fourth-order valence-corrected chi connectivity index (χ4v) is 4.70. The van der Waals surface area contributed by atoms with Gasteiger partial charge in [-0.15, -0.1) is 0 Å². The van der Waals surface area contributed by atoms with Crippen molar-refractivity contribution < 1.29 is 4.79 Å². The van der Waals surface area contributed by atoms with Gasteiger partial charge >= 0.3 is 5.69 Å². The van der Waals surface area contributed by atoms with Crippen molar-refractivity contribution in [3.63, 3.8) is 0 Å². The number of thioether (sulfide) groups is 1. The highest BCUT2D eigenvalue weighted by Gasteiger charge is 2.24. The van der Waals surface area contributed by atoms with Crippen molar-refractivity contribution in [3.05, 3.63) is 26.7 Å². The SMILES string of the molecule is Cc1nc(SCC(=O)N2CCCCC2C)c2c(=O)n(C)c(=O)n(CC(C)C)c2n1. The van der Waals surface area contributed by atoms with E-state index in [4.69, 9.17) is 0 Å². The zero-order chi connectivity index (χ0) is 21.3. The van der Waals surface area contributed by atoms with Crippen LogP contribution >= 0.6 is 11.8 Å². The number of aromatic nitrogens is 4. The summed E-state index contributed by atoms with van der Waals surface area (Å²) in [5.74, 6) is 0.951. The lowest BCUT2D eigenvalue weighted by molar-refractivity contribution is -0.131.